The number of rotatable bonds is 10. The Morgan fingerprint density at radius 1 is 0.957 bits per heavy atom. The van der Waals surface area contributed by atoms with Gasteiger partial charge in [-0.3, -0.25) is 4.79 Å². The number of aromatic amines is 1. The van der Waals surface area contributed by atoms with E-state index in [2.05, 4.69) is 25.9 Å². The predicted octanol–water partition coefficient (Wildman–Crippen LogP) is 6.00. The highest BCUT2D eigenvalue weighted by molar-refractivity contribution is 5.98. The Morgan fingerprint density at radius 2 is 1.62 bits per heavy atom. The van der Waals surface area contributed by atoms with Gasteiger partial charge in [0.25, 0.3) is 0 Å². The molecule has 0 spiro atoms. The topological polar surface area (TPSA) is 117 Å². The minimum absolute atomic E-state index is 0.108. The zero-order chi connectivity index (χ0) is 32.8. The first-order valence-corrected chi connectivity index (χ1v) is 15.4. The summed E-state index contributed by atoms with van der Waals surface area (Å²) in [6.45, 7) is 0.870. The molecule has 1 unspecified atom stereocenters. The number of nitrogens with one attached hydrogen (secondary N) is 4. The Bertz CT molecular complexity index is 1750. The molecule has 1 saturated heterocycles. The maximum absolute atomic E-state index is 14.0. The molecule has 0 bridgehead atoms. The second kappa shape index (κ2) is 14.5. The number of hydrogen-bond acceptors (Lipinski definition) is 6. The van der Waals surface area contributed by atoms with Crippen LogP contribution in [0.1, 0.15) is 40.9 Å². The Kier molecular flexibility index (Phi) is 9.84. The van der Waals surface area contributed by atoms with Crippen molar-refractivity contribution in [2.45, 2.75) is 36.9 Å². The minimum Gasteiger partial charge on any atom is -0.453 e. The first-order chi connectivity index (χ1) is 22.9. The molecule has 2 amide bonds. The number of imidazole rings is 1. The number of H-pyrrole nitrogens is 1. The number of ether oxygens (including phenoxy) is 2. The van der Waals surface area contributed by atoms with Gasteiger partial charge in [-0.15, -0.1) is 0 Å². The molecule has 4 N–H and O–H groups in total. The van der Waals surface area contributed by atoms with Gasteiger partial charge in [0.1, 0.15) is 11.9 Å². The van der Waals surface area contributed by atoms with Crippen LogP contribution in [0, 0.1) is 11.6 Å². The summed E-state index contributed by atoms with van der Waals surface area (Å²) >= 11 is 0. The van der Waals surface area contributed by atoms with Gasteiger partial charge in [0.2, 0.25) is 5.91 Å². The van der Waals surface area contributed by atoms with Crippen LogP contribution in [0.2, 0.25) is 0 Å². The fourth-order valence-corrected chi connectivity index (χ4v) is 5.95. The van der Waals surface area contributed by atoms with Crippen molar-refractivity contribution in [1.82, 2.24) is 20.6 Å². The molecular formula is C36H35F2N5O4. The van der Waals surface area contributed by atoms with Gasteiger partial charge in [-0.1, -0.05) is 78.9 Å². The quantitative estimate of drug-likeness (QED) is 0.149. The highest BCUT2D eigenvalue weighted by Gasteiger charge is 2.33. The van der Waals surface area contributed by atoms with E-state index in [1.54, 1.807) is 0 Å². The summed E-state index contributed by atoms with van der Waals surface area (Å²) in [4.78, 5) is 34.0. The Hall–Kier alpha value is -5.13. The third-order valence-corrected chi connectivity index (χ3v) is 8.37. The molecule has 1 aliphatic rings. The van der Waals surface area contributed by atoms with Crippen LogP contribution >= 0.6 is 0 Å². The molecule has 11 heteroatoms. The van der Waals surface area contributed by atoms with Crippen molar-refractivity contribution < 1.29 is 27.8 Å². The number of carbonyl (C=O) groups is 2. The Labute approximate surface area is 270 Å². The number of para-hydroxylation sites is 1. The molecule has 0 saturated carbocycles. The van der Waals surface area contributed by atoms with E-state index in [1.165, 1.54) is 7.11 Å². The van der Waals surface area contributed by atoms with Crippen LogP contribution in [-0.2, 0) is 20.7 Å². The molecule has 3 atom stereocenters. The van der Waals surface area contributed by atoms with Crippen molar-refractivity contribution >= 4 is 28.7 Å². The Balaban J connectivity index is 1.13. The van der Waals surface area contributed by atoms with Crippen molar-refractivity contribution in [2.75, 3.05) is 25.6 Å². The summed E-state index contributed by atoms with van der Waals surface area (Å²) in [5, 5.41) is 9.25. The highest BCUT2D eigenvalue weighted by atomic mass is 19.2. The molecule has 47 heavy (non-hydrogen) atoms. The summed E-state index contributed by atoms with van der Waals surface area (Å²) < 4.78 is 38.3. The number of alkyl carbamates (subject to hydrolysis) is 1. The summed E-state index contributed by atoms with van der Waals surface area (Å²) in [7, 11) is 1.27. The SMILES string of the molecule is COC(=O)NC(C(=O)Nc1ccccc1CC[C@@H]1CN[C@H](c2nc3cc(F)c(F)cc3[nH]2)CO1)C(c1ccccc1)c1ccccc1. The maximum Gasteiger partial charge on any atom is 0.407 e. The van der Waals surface area contributed by atoms with E-state index in [0.717, 1.165) is 28.8 Å². The van der Waals surface area contributed by atoms with E-state index >= 15 is 0 Å². The van der Waals surface area contributed by atoms with Gasteiger partial charge < -0.3 is 30.4 Å². The molecule has 0 radical (unpaired) electrons. The number of nitrogens with zero attached hydrogens (tertiary/aromatic N) is 1. The van der Waals surface area contributed by atoms with Gasteiger partial charge in [-0.05, 0) is 35.6 Å². The lowest BCUT2D eigenvalue weighted by Crippen LogP contribution is -2.48. The fourth-order valence-electron chi connectivity index (χ4n) is 5.95. The Morgan fingerprint density at radius 3 is 2.28 bits per heavy atom. The molecule has 4 aromatic carbocycles. The number of aryl methyl sites for hydroxylation is 1. The van der Waals surface area contributed by atoms with Gasteiger partial charge in [-0.2, -0.15) is 0 Å². The van der Waals surface area contributed by atoms with Crippen molar-refractivity contribution in [1.29, 1.82) is 0 Å². The lowest BCUT2D eigenvalue weighted by atomic mass is 9.84. The van der Waals surface area contributed by atoms with Crippen molar-refractivity contribution in [2.24, 2.45) is 0 Å². The van der Waals surface area contributed by atoms with E-state index in [4.69, 9.17) is 9.47 Å². The number of benzene rings is 4. The first kappa shape index (κ1) is 31.8. The highest BCUT2D eigenvalue weighted by Crippen LogP contribution is 2.30. The molecule has 2 heterocycles. The van der Waals surface area contributed by atoms with Crippen LogP contribution < -0.4 is 16.0 Å². The number of halogens is 2. The summed E-state index contributed by atoms with van der Waals surface area (Å²) in [5.41, 5.74) is 4.06. The lowest BCUT2D eigenvalue weighted by Gasteiger charge is -2.30. The van der Waals surface area contributed by atoms with Gasteiger partial charge in [-0.25, -0.2) is 18.6 Å². The van der Waals surface area contributed by atoms with Crippen LogP contribution in [-0.4, -0.2) is 54.4 Å². The average Bonchev–Trinajstić information content (AvgIpc) is 3.51. The molecule has 9 nitrogen and oxygen atoms in total. The van der Waals surface area contributed by atoms with Gasteiger partial charge >= 0.3 is 6.09 Å². The monoisotopic (exact) mass is 639 g/mol. The predicted molar refractivity (Wildman–Crippen MR) is 174 cm³/mol. The number of fused-ring (bicyclic) bond motifs is 1. The van der Waals surface area contributed by atoms with E-state index in [1.807, 2.05) is 84.9 Å². The van der Waals surface area contributed by atoms with Crippen LogP contribution in [0.15, 0.2) is 97.1 Å². The molecule has 1 aromatic heterocycles. The summed E-state index contributed by atoms with van der Waals surface area (Å²) in [5.74, 6) is -2.19. The third-order valence-electron chi connectivity index (χ3n) is 8.37. The maximum atomic E-state index is 14.0. The molecule has 5 aromatic rings. The van der Waals surface area contributed by atoms with E-state index in [9.17, 15) is 18.4 Å². The van der Waals surface area contributed by atoms with Crippen LogP contribution in [0.4, 0.5) is 19.3 Å². The van der Waals surface area contributed by atoms with Crippen LogP contribution in [0.5, 0.6) is 0 Å². The van der Waals surface area contributed by atoms with Crippen molar-refractivity contribution in [3.05, 3.63) is 131 Å². The smallest absolute Gasteiger partial charge is 0.407 e. The van der Waals surface area contributed by atoms with Crippen molar-refractivity contribution in [3.8, 4) is 0 Å². The fraction of sp³-hybridized carbons (Fsp3) is 0.250. The van der Waals surface area contributed by atoms with Crippen LogP contribution in [0.25, 0.3) is 11.0 Å². The molecule has 6 rings (SSSR count). The van der Waals surface area contributed by atoms with Crippen LogP contribution in [0.3, 0.4) is 0 Å². The zero-order valence-electron chi connectivity index (χ0n) is 25.7. The van der Waals surface area contributed by atoms with Gasteiger partial charge in [0.15, 0.2) is 11.6 Å². The second-order valence-corrected chi connectivity index (χ2v) is 11.4. The lowest BCUT2D eigenvalue weighted by molar-refractivity contribution is -0.118. The first-order valence-electron chi connectivity index (χ1n) is 15.4. The third kappa shape index (κ3) is 7.48. The number of aromatic nitrogens is 2. The van der Waals surface area contributed by atoms with Crippen molar-refractivity contribution in [3.63, 3.8) is 0 Å². The number of amides is 2. The van der Waals surface area contributed by atoms with Gasteiger partial charge in [0.05, 0.1) is 36.9 Å². The molecule has 1 fully saturated rings. The second-order valence-electron chi connectivity index (χ2n) is 11.4. The average molecular weight is 640 g/mol. The zero-order valence-corrected chi connectivity index (χ0v) is 25.7. The number of hydrogen-bond donors (Lipinski definition) is 4. The number of morpholine rings is 1. The largest absolute Gasteiger partial charge is 0.453 e. The normalized spacial score (nSPS) is 16.9. The summed E-state index contributed by atoms with van der Waals surface area (Å²) in [6.07, 6.45) is 0.469. The van der Waals surface area contributed by atoms with E-state index in [-0.39, 0.29) is 18.1 Å². The number of methoxy groups -OCH3 is 1. The van der Waals surface area contributed by atoms with E-state index in [0.29, 0.717) is 48.5 Å². The van der Waals surface area contributed by atoms with Gasteiger partial charge in [0, 0.05) is 30.3 Å². The molecule has 0 aliphatic carbocycles. The minimum atomic E-state index is -0.977. The molecule has 242 valence electrons. The molecular weight excluding hydrogens is 604 g/mol. The summed E-state index contributed by atoms with van der Waals surface area (Å²) in [6, 6.07) is 27.6. The number of carbonyl (C=O) groups excluding carboxylic acids is 2. The van der Waals surface area contributed by atoms with E-state index < -0.39 is 29.7 Å². The molecule has 1 aliphatic heterocycles. The number of anilines is 1. The standard InChI is InChI=1S/C36H35F2N5O4/c1-46-36(45)43-33(32(23-11-4-2-5-12-23)24-13-6-3-7-14-24)35(44)42-28-15-9-8-10-22(28)16-17-25-20-39-31(21-47-25)34-40-29-18-26(37)27(38)19-30(29)41-34/h2-15,18-19,25,31-33,39H,16-17,20-21H2,1H3,(H,40,41)(H,42,44)(H,43,45)/t25-,31+,33?/m1/s1.